The molecule has 2 aliphatic heterocycles. The van der Waals surface area contributed by atoms with E-state index in [2.05, 4.69) is 21.6 Å². The number of Topliss-reactive ketones (excluding diaryl/α,β-unsaturated/α-hetero) is 1. The van der Waals surface area contributed by atoms with Gasteiger partial charge in [0.25, 0.3) is 0 Å². The molecular formula is C31H39FN2O2. The molecule has 0 aromatic heterocycles. The molecule has 5 heteroatoms. The Kier molecular flexibility index (Phi) is 10.3. The van der Waals surface area contributed by atoms with Gasteiger partial charge in [-0.3, -0.25) is 9.69 Å². The van der Waals surface area contributed by atoms with Crippen LogP contribution in [-0.2, 0) is 0 Å². The summed E-state index contributed by atoms with van der Waals surface area (Å²) in [5, 5.41) is 9.39. The lowest BCUT2D eigenvalue weighted by Crippen LogP contribution is -2.35. The zero-order valence-electron chi connectivity index (χ0n) is 22.1. The molecule has 2 aromatic rings. The number of ketones is 1. The van der Waals surface area contributed by atoms with Gasteiger partial charge in [-0.1, -0.05) is 37.0 Å². The van der Waals surface area contributed by atoms with E-state index in [4.69, 9.17) is 0 Å². The first kappa shape index (κ1) is 27.6. The Labute approximate surface area is 215 Å². The second-order valence-corrected chi connectivity index (χ2v) is 9.64. The third-order valence-corrected chi connectivity index (χ3v) is 6.81. The first-order valence-electron chi connectivity index (χ1n) is 13.0. The Morgan fingerprint density at radius 3 is 2.58 bits per heavy atom. The number of rotatable bonds is 5. The second-order valence-electron chi connectivity index (χ2n) is 9.64. The van der Waals surface area contributed by atoms with Crippen molar-refractivity contribution in [1.29, 1.82) is 0 Å². The van der Waals surface area contributed by atoms with Crippen LogP contribution in [0.25, 0.3) is 6.08 Å². The summed E-state index contributed by atoms with van der Waals surface area (Å²) in [6.45, 7) is 11.7. The zero-order chi connectivity index (χ0) is 26.1. The van der Waals surface area contributed by atoms with Crippen LogP contribution < -0.4 is 4.90 Å². The van der Waals surface area contributed by atoms with Crippen LogP contribution in [-0.4, -0.2) is 54.1 Å². The highest BCUT2D eigenvalue weighted by molar-refractivity contribution is 5.97. The maximum absolute atomic E-state index is 14.0. The number of nitrogens with zero attached hydrogens (tertiary/aromatic N) is 2. The van der Waals surface area contributed by atoms with Crippen LogP contribution in [0.3, 0.4) is 0 Å². The number of aryl methyl sites for hydroxylation is 1. The summed E-state index contributed by atoms with van der Waals surface area (Å²) in [6, 6.07) is 11.6. The number of carbonyl (C=O) groups excluding carboxylic acids is 1. The van der Waals surface area contributed by atoms with Crippen molar-refractivity contribution in [2.24, 2.45) is 0 Å². The summed E-state index contributed by atoms with van der Waals surface area (Å²) >= 11 is 0. The van der Waals surface area contributed by atoms with E-state index in [-0.39, 0.29) is 11.6 Å². The first-order chi connectivity index (χ1) is 17.3. The molecule has 0 saturated carbocycles. The van der Waals surface area contributed by atoms with E-state index in [9.17, 15) is 14.3 Å². The molecule has 0 radical (unpaired) electrons. The molecule has 0 spiro atoms. The molecule has 2 atom stereocenters. The Morgan fingerprint density at radius 1 is 1.19 bits per heavy atom. The van der Waals surface area contributed by atoms with E-state index >= 15 is 0 Å². The summed E-state index contributed by atoms with van der Waals surface area (Å²) < 4.78 is 14.0. The van der Waals surface area contributed by atoms with E-state index in [0.29, 0.717) is 18.0 Å². The molecule has 4 rings (SSSR count). The topological polar surface area (TPSA) is 43.8 Å². The average molecular weight is 491 g/mol. The van der Waals surface area contributed by atoms with Crippen LogP contribution in [0.1, 0.15) is 73.5 Å². The molecule has 2 aromatic carbocycles. The van der Waals surface area contributed by atoms with Gasteiger partial charge in [0.2, 0.25) is 0 Å². The lowest BCUT2D eigenvalue weighted by molar-refractivity contribution is 0.101. The number of anilines is 1. The predicted octanol–water partition coefficient (Wildman–Crippen LogP) is 5.85. The molecule has 1 N–H and O–H groups in total. The second kappa shape index (κ2) is 13.4. The number of aliphatic hydroxyl groups excluding tert-OH is 1. The van der Waals surface area contributed by atoms with Gasteiger partial charge in [0, 0.05) is 30.3 Å². The number of likely N-dealkylation sites (tertiary alicyclic amines) is 1. The van der Waals surface area contributed by atoms with Crippen molar-refractivity contribution in [3.05, 3.63) is 70.5 Å². The average Bonchev–Trinajstić information content (AvgIpc) is 3.55. The Balaban J connectivity index is 0.000000201. The predicted molar refractivity (Wildman–Crippen MR) is 147 cm³/mol. The summed E-state index contributed by atoms with van der Waals surface area (Å²) in [5.74, 6) is 5.64. The highest BCUT2D eigenvalue weighted by Gasteiger charge is 2.30. The van der Waals surface area contributed by atoms with Crippen LogP contribution in [0, 0.1) is 24.6 Å². The van der Waals surface area contributed by atoms with Gasteiger partial charge >= 0.3 is 0 Å². The minimum Gasteiger partial charge on any atom is -0.380 e. The molecule has 0 amide bonds. The van der Waals surface area contributed by atoms with Crippen molar-refractivity contribution >= 4 is 17.5 Å². The number of aliphatic hydroxyl groups is 1. The van der Waals surface area contributed by atoms with Gasteiger partial charge in [-0.05, 0) is 101 Å². The van der Waals surface area contributed by atoms with Crippen molar-refractivity contribution in [2.75, 3.05) is 31.1 Å². The van der Waals surface area contributed by atoms with Gasteiger partial charge in [0.1, 0.15) is 11.9 Å². The fraction of sp³-hybridized carbons (Fsp3) is 0.452. The Hall–Kier alpha value is -2.94. The molecule has 192 valence electrons. The molecule has 2 aliphatic rings. The van der Waals surface area contributed by atoms with Gasteiger partial charge < -0.3 is 10.0 Å². The summed E-state index contributed by atoms with van der Waals surface area (Å²) in [5.41, 5.74) is 4.13. The third-order valence-electron chi connectivity index (χ3n) is 6.81. The van der Waals surface area contributed by atoms with Gasteiger partial charge in [-0.15, -0.1) is 0 Å². The number of hydrogen-bond donors (Lipinski definition) is 1. The van der Waals surface area contributed by atoms with Crippen LogP contribution in [0.15, 0.2) is 42.5 Å². The maximum atomic E-state index is 14.0. The molecule has 2 heterocycles. The molecule has 4 nitrogen and oxygen atoms in total. The van der Waals surface area contributed by atoms with Gasteiger partial charge in [0.15, 0.2) is 5.78 Å². The minimum absolute atomic E-state index is 0.0382. The largest absolute Gasteiger partial charge is 0.380 e. The SMILES string of the molecule is C/C=C\c1cc(C#CC(O)CC)ccc1C(C)=O.Cc1ccc(N2CCC(N3CCCC3)C2)c(F)c1. The van der Waals surface area contributed by atoms with Crippen LogP contribution in [0.2, 0.25) is 0 Å². The van der Waals surface area contributed by atoms with Crippen molar-refractivity contribution < 1.29 is 14.3 Å². The molecule has 0 aliphatic carbocycles. The van der Waals surface area contributed by atoms with E-state index in [1.807, 2.05) is 51.1 Å². The molecule has 2 unspecified atom stereocenters. The van der Waals surface area contributed by atoms with Crippen molar-refractivity contribution in [3.63, 3.8) is 0 Å². The normalized spacial score (nSPS) is 18.5. The van der Waals surface area contributed by atoms with Gasteiger partial charge in [0.05, 0.1) is 5.69 Å². The quantitative estimate of drug-likeness (QED) is 0.422. The van der Waals surface area contributed by atoms with E-state index in [1.54, 1.807) is 25.1 Å². The van der Waals surface area contributed by atoms with E-state index < -0.39 is 6.10 Å². The number of benzene rings is 2. The van der Waals surface area contributed by atoms with Crippen molar-refractivity contribution in [1.82, 2.24) is 4.90 Å². The fourth-order valence-electron chi connectivity index (χ4n) is 4.78. The highest BCUT2D eigenvalue weighted by atomic mass is 19.1. The van der Waals surface area contributed by atoms with Gasteiger partial charge in [-0.2, -0.15) is 0 Å². The highest BCUT2D eigenvalue weighted by Crippen LogP contribution is 2.27. The standard InChI is InChI=1S/C16H18O2.C15H21FN2/c1-4-6-14-11-13(7-9-15(18)5-2)8-10-16(14)12(3)17;1-12-4-5-15(14(16)10-12)18-9-6-13(11-18)17-7-2-3-8-17/h4,6,8,10-11,15,18H,5H2,1-3H3;4-5,10,13H,2-3,6-9,11H2,1H3/b6-4-;. The lowest BCUT2D eigenvalue weighted by atomic mass is 10.0. The smallest absolute Gasteiger partial charge is 0.160 e. The fourth-order valence-corrected chi connectivity index (χ4v) is 4.78. The molecule has 2 fully saturated rings. The summed E-state index contributed by atoms with van der Waals surface area (Å²) in [7, 11) is 0. The van der Waals surface area contributed by atoms with Crippen LogP contribution >= 0.6 is 0 Å². The number of carbonyl (C=O) groups is 1. The number of halogens is 1. The monoisotopic (exact) mass is 490 g/mol. The Morgan fingerprint density at radius 2 is 1.94 bits per heavy atom. The van der Waals surface area contributed by atoms with Crippen molar-refractivity contribution in [3.8, 4) is 11.8 Å². The van der Waals surface area contributed by atoms with Crippen molar-refractivity contribution in [2.45, 2.75) is 65.5 Å². The molecule has 0 bridgehead atoms. The molecule has 36 heavy (non-hydrogen) atoms. The van der Waals surface area contributed by atoms with Crippen LogP contribution in [0.4, 0.5) is 10.1 Å². The molecule has 2 saturated heterocycles. The number of hydrogen-bond acceptors (Lipinski definition) is 4. The van der Waals surface area contributed by atoms with Crippen LogP contribution in [0.5, 0.6) is 0 Å². The minimum atomic E-state index is -0.595. The summed E-state index contributed by atoms with van der Waals surface area (Å²) in [4.78, 5) is 16.2. The third kappa shape index (κ3) is 7.53. The number of allylic oxidation sites excluding steroid dienone is 1. The maximum Gasteiger partial charge on any atom is 0.160 e. The summed E-state index contributed by atoms with van der Waals surface area (Å²) in [6.07, 6.45) is 7.62. The van der Waals surface area contributed by atoms with E-state index in [0.717, 1.165) is 35.5 Å². The first-order valence-corrected chi connectivity index (χ1v) is 13.0. The van der Waals surface area contributed by atoms with Gasteiger partial charge in [-0.25, -0.2) is 4.39 Å². The van der Waals surface area contributed by atoms with E-state index in [1.165, 1.54) is 32.4 Å². The zero-order valence-corrected chi connectivity index (χ0v) is 22.1. The molecular weight excluding hydrogens is 451 g/mol. The lowest BCUT2D eigenvalue weighted by Gasteiger charge is -2.24. The Bertz CT molecular complexity index is 1130.